The number of fused-ring (bicyclic) bond motifs is 2. The molecule has 2 aliphatic rings. The van der Waals surface area contributed by atoms with Gasteiger partial charge in [0.15, 0.2) is 0 Å². The smallest absolute Gasteiger partial charge is 0.0340 e. The van der Waals surface area contributed by atoms with E-state index in [1.807, 2.05) is 18.5 Å². The van der Waals surface area contributed by atoms with Crippen molar-refractivity contribution >= 4 is 6.08 Å². The Morgan fingerprint density at radius 3 is 3.06 bits per heavy atom. The lowest BCUT2D eigenvalue weighted by Gasteiger charge is -2.27. The molecule has 1 aromatic heterocycles. The molecular formula is C14H18N2. The molecule has 2 nitrogen and oxygen atoms in total. The number of aromatic nitrogens is 1. The van der Waals surface area contributed by atoms with Crippen LogP contribution in [-0.2, 0) is 0 Å². The summed E-state index contributed by atoms with van der Waals surface area (Å²) < 4.78 is 0. The largest absolute Gasteiger partial charge is 0.311 e. The predicted octanol–water partition coefficient (Wildman–Crippen LogP) is 2.63. The highest BCUT2D eigenvalue weighted by atomic mass is 15.0. The first kappa shape index (κ1) is 10.0. The lowest BCUT2D eigenvalue weighted by molar-refractivity contribution is 0.339. The van der Waals surface area contributed by atoms with Gasteiger partial charge in [-0.05, 0) is 43.2 Å². The van der Waals surface area contributed by atoms with Gasteiger partial charge in [0.2, 0.25) is 0 Å². The van der Waals surface area contributed by atoms with Crippen LogP contribution < -0.4 is 5.32 Å². The molecule has 2 saturated heterocycles. The van der Waals surface area contributed by atoms with Crippen molar-refractivity contribution in [3.63, 3.8) is 0 Å². The third kappa shape index (κ3) is 2.03. The van der Waals surface area contributed by atoms with Crippen LogP contribution in [0.4, 0.5) is 0 Å². The summed E-state index contributed by atoms with van der Waals surface area (Å²) in [5, 5.41) is 3.71. The summed E-state index contributed by atoms with van der Waals surface area (Å²) in [7, 11) is 0. The van der Waals surface area contributed by atoms with Crippen molar-refractivity contribution in [2.24, 2.45) is 5.92 Å². The Morgan fingerprint density at radius 1 is 1.25 bits per heavy atom. The Bertz CT molecular complexity index is 372. The zero-order chi connectivity index (χ0) is 10.8. The second-order valence-corrected chi connectivity index (χ2v) is 4.93. The first-order valence-electron chi connectivity index (χ1n) is 6.26. The third-order valence-corrected chi connectivity index (χ3v) is 3.86. The molecule has 2 bridgehead atoms. The van der Waals surface area contributed by atoms with Gasteiger partial charge >= 0.3 is 0 Å². The van der Waals surface area contributed by atoms with Gasteiger partial charge in [0.1, 0.15) is 0 Å². The lowest BCUT2D eigenvalue weighted by Crippen LogP contribution is -2.39. The van der Waals surface area contributed by atoms with E-state index in [9.17, 15) is 0 Å². The Kier molecular flexibility index (Phi) is 2.75. The maximum absolute atomic E-state index is 4.13. The molecule has 16 heavy (non-hydrogen) atoms. The SMILES string of the molecule is C(=C\C1CCC2CCC1N2)/c1cccnc1. The average Bonchev–Trinajstić information content (AvgIpc) is 2.72. The Balaban J connectivity index is 1.68. The number of nitrogens with zero attached hydrogens (tertiary/aromatic N) is 1. The van der Waals surface area contributed by atoms with E-state index < -0.39 is 0 Å². The normalized spacial score (nSPS) is 33.4. The van der Waals surface area contributed by atoms with Crippen LogP contribution >= 0.6 is 0 Å². The molecule has 3 rings (SSSR count). The second kappa shape index (κ2) is 4.38. The molecule has 0 saturated carbocycles. The summed E-state index contributed by atoms with van der Waals surface area (Å²) >= 11 is 0. The third-order valence-electron chi connectivity index (χ3n) is 3.86. The summed E-state index contributed by atoms with van der Waals surface area (Å²) in [6.07, 6.45) is 13.8. The summed E-state index contributed by atoms with van der Waals surface area (Å²) in [5.41, 5.74) is 1.21. The maximum atomic E-state index is 4.13. The van der Waals surface area contributed by atoms with Crippen LogP contribution in [-0.4, -0.2) is 17.1 Å². The van der Waals surface area contributed by atoms with E-state index in [1.54, 1.807) is 0 Å². The van der Waals surface area contributed by atoms with Crippen LogP contribution in [0.15, 0.2) is 30.6 Å². The molecule has 84 valence electrons. The van der Waals surface area contributed by atoms with Crippen molar-refractivity contribution in [3.8, 4) is 0 Å². The number of pyridine rings is 1. The van der Waals surface area contributed by atoms with E-state index in [0.717, 1.165) is 18.0 Å². The van der Waals surface area contributed by atoms with Gasteiger partial charge in [0, 0.05) is 24.5 Å². The van der Waals surface area contributed by atoms with Crippen LogP contribution in [0.25, 0.3) is 6.08 Å². The maximum Gasteiger partial charge on any atom is 0.0340 e. The van der Waals surface area contributed by atoms with Gasteiger partial charge < -0.3 is 5.32 Å². The number of rotatable bonds is 2. The Labute approximate surface area is 96.8 Å². The van der Waals surface area contributed by atoms with Crippen LogP contribution in [0, 0.1) is 5.92 Å². The van der Waals surface area contributed by atoms with Crippen molar-refractivity contribution in [1.29, 1.82) is 0 Å². The van der Waals surface area contributed by atoms with Crippen molar-refractivity contribution in [3.05, 3.63) is 36.2 Å². The van der Waals surface area contributed by atoms with Crippen molar-refractivity contribution in [2.45, 2.75) is 37.8 Å². The highest BCUT2D eigenvalue weighted by molar-refractivity contribution is 5.47. The minimum Gasteiger partial charge on any atom is -0.311 e. The van der Waals surface area contributed by atoms with Gasteiger partial charge in [-0.25, -0.2) is 0 Å². The molecule has 3 atom stereocenters. The molecule has 0 amide bonds. The molecule has 0 aliphatic carbocycles. The van der Waals surface area contributed by atoms with Gasteiger partial charge in [-0.15, -0.1) is 0 Å². The zero-order valence-corrected chi connectivity index (χ0v) is 9.47. The van der Waals surface area contributed by atoms with E-state index in [0.29, 0.717) is 0 Å². The van der Waals surface area contributed by atoms with E-state index >= 15 is 0 Å². The zero-order valence-electron chi connectivity index (χ0n) is 9.47. The fraction of sp³-hybridized carbons (Fsp3) is 0.500. The van der Waals surface area contributed by atoms with Gasteiger partial charge in [0.05, 0.1) is 0 Å². The average molecular weight is 214 g/mol. The number of nitrogens with one attached hydrogen (secondary N) is 1. The fourth-order valence-electron chi connectivity index (χ4n) is 2.95. The lowest BCUT2D eigenvalue weighted by atomic mass is 9.91. The molecule has 0 radical (unpaired) electrons. The van der Waals surface area contributed by atoms with Crippen LogP contribution in [0.2, 0.25) is 0 Å². The number of piperidine rings is 1. The highest BCUT2D eigenvalue weighted by Crippen LogP contribution is 2.32. The second-order valence-electron chi connectivity index (χ2n) is 4.93. The Hall–Kier alpha value is -1.15. The van der Waals surface area contributed by atoms with Gasteiger partial charge in [-0.1, -0.05) is 18.2 Å². The molecule has 1 aromatic rings. The summed E-state index contributed by atoms with van der Waals surface area (Å²) in [5.74, 6) is 0.721. The van der Waals surface area contributed by atoms with Crippen molar-refractivity contribution in [2.75, 3.05) is 0 Å². The van der Waals surface area contributed by atoms with Crippen LogP contribution in [0.1, 0.15) is 31.2 Å². The summed E-state index contributed by atoms with van der Waals surface area (Å²) in [6.45, 7) is 0. The molecule has 3 unspecified atom stereocenters. The minimum absolute atomic E-state index is 0.721. The van der Waals surface area contributed by atoms with Gasteiger partial charge in [-0.2, -0.15) is 0 Å². The molecule has 2 aliphatic heterocycles. The molecule has 3 heterocycles. The quantitative estimate of drug-likeness (QED) is 0.818. The summed E-state index contributed by atoms with van der Waals surface area (Å²) in [4.78, 5) is 4.13. The predicted molar refractivity (Wildman–Crippen MR) is 65.9 cm³/mol. The van der Waals surface area contributed by atoms with Crippen LogP contribution in [0.3, 0.4) is 0 Å². The van der Waals surface area contributed by atoms with Crippen molar-refractivity contribution in [1.82, 2.24) is 10.3 Å². The molecule has 0 aromatic carbocycles. The van der Waals surface area contributed by atoms with Crippen LogP contribution in [0.5, 0.6) is 0 Å². The summed E-state index contributed by atoms with van der Waals surface area (Å²) in [6, 6.07) is 5.64. The van der Waals surface area contributed by atoms with E-state index in [2.05, 4.69) is 28.5 Å². The highest BCUT2D eigenvalue weighted by Gasteiger charge is 2.33. The topological polar surface area (TPSA) is 24.9 Å². The molecule has 1 N–H and O–H groups in total. The molecule has 2 heteroatoms. The molecular weight excluding hydrogens is 196 g/mol. The van der Waals surface area contributed by atoms with E-state index in [4.69, 9.17) is 0 Å². The number of hydrogen-bond acceptors (Lipinski definition) is 2. The van der Waals surface area contributed by atoms with Gasteiger partial charge in [-0.3, -0.25) is 4.98 Å². The molecule has 0 spiro atoms. The van der Waals surface area contributed by atoms with E-state index in [1.165, 1.54) is 31.2 Å². The standard InChI is InChI=1S/C14H18N2/c1-2-11(10-15-9-1)3-4-12-5-6-13-7-8-14(12)16-13/h1-4,9-10,12-14,16H,5-8H2/b4-3+. The van der Waals surface area contributed by atoms with Crippen molar-refractivity contribution < 1.29 is 0 Å². The minimum atomic E-state index is 0.721. The number of hydrogen-bond donors (Lipinski definition) is 1. The Morgan fingerprint density at radius 2 is 2.19 bits per heavy atom. The fourth-order valence-corrected chi connectivity index (χ4v) is 2.95. The monoisotopic (exact) mass is 214 g/mol. The van der Waals surface area contributed by atoms with Gasteiger partial charge in [0.25, 0.3) is 0 Å². The van der Waals surface area contributed by atoms with E-state index in [-0.39, 0.29) is 0 Å². The first-order valence-corrected chi connectivity index (χ1v) is 6.26. The first-order chi connectivity index (χ1) is 7.92. The molecule has 2 fully saturated rings.